The molecule has 1 saturated heterocycles. The molecule has 1 aliphatic heterocycles. The summed E-state index contributed by atoms with van der Waals surface area (Å²) in [6, 6.07) is 3.79. The number of amides is 1. The van der Waals surface area contributed by atoms with Gasteiger partial charge in [-0.15, -0.1) is 0 Å². The topological polar surface area (TPSA) is 86.3 Å². The van der Waals surface area contributed by atoms with Gasteiger partial charge in [0.2, 0.25) is 5.91 Å². The van der Waals surface area contributed by atoms with E-state index in [1.165, 1.54) is 0 Å². The van der Waals surface area contributed by atoms with Crippen molar-refractivity contribution in [1.29, 1.82) is 0 Å². The molecule has 1 aliphatic rings. The van der Waals surface area contributed by atoms with Crippen LogP contribution in [0, 0.1) is 5.92 Å². The normalized spacial score (nSPS) is 16.3. The first-order chi connectivity index (χ1) is 10.1. The standard InChI is InChI=1S/C15H17N3O3/c19-13(18-6-3-10(4-7-18)15(20)21)8-11-9-17-14-12(11)2-1-5-16-14/h1-2,5,9-10H,3-4,6-8H2,(H,16,17)(H,20,21). The van der Waals surface area contributed by atoms with Crippen molar-refractivity contribution in [1.82, 2.24) is 14.9 Å². The number of aromatic amines is 1. The van der Waals surface area contributed by atoms with Gasteiger partial charge in [0.15, 0.2) is 0 Å². The smallest absolute Gasteiger partial charge is 0.306 e. The Hall–Kier alpha value is -2.37. The van der Waals surface area contributed by atoms with Gasteiger partial charge in [0.05, 0.1) is 12.3 Å². The van der Waals surface area contributed by atoms with Gasteiger partial charge in [-0.2, -0.15) is 0 Å². The zero-order valence-electron chi connectivity index (χ0n) is 11.6. The summed E-state index contributed by atoms with van der Waals surface area (Å²) < 4.78 is 0. The average molecular weight is 287 g/mol. The molecule has 1 amide bonds. The Kier molecular flexibility index (Phi) is 3.60. The molecule has 0 bridgehead atoms. The number of carbonyl (C=O) groups excluding carboxylic acids is 1. The Morgan fingerprint density at radius 1 is 1.38 bits per heavy atom. The molecular formula is C15H17N3O3. The van der Waals surface area contributed by atoms with Gasteiger partial charge < -0.3 is 15.0 Å². The van der Waals surface area contributed by atoms with Crippen molar-refractivity contribution in [2.45, 2.75) is 19.3 Å². The van der Waals surface area contributed by atoms with Gasteiger partial charge in [0.1, 0.15) is 5.65 Å². The third-order valence-corrected chi connectivity index (χ3v) is 4.08. The van der Waals surface area contributed by atoms with Crippen LogP contribution in [-0.4, -0.2) is 44.9 Å². The van der Waals surface area contributed by atoms with Crippen molar-refractivity contribution < 1.29 is 14.7 Å². The highest BCUT2D eigenvalue weighted by atomic mass is 16.4. The molecular weight excluding hydrogens is 270 g/mol. The molecule has 6 heteroatoms. The molecule has 2 N–H and O–H groups in total. The summed E-state index contributed by atoms with van der Waals surface area (Å²) in [5, 5.41) is 9.94. The van der Waals surface area contributed by atoms with E-state index >= 15 is 0 Å². The van der Waals surface area contributed by atoms with E-state index in [4.69, 9.17) is 5.11 Å². The van der Waals surface area contributed by atoms with E-state index in [9.17, 15) is 9.59 Å². The highest BCUT2D eigenvalue weighted by Gasteiger charge is 2.27. The SMILES string of the molecule is O=C(O)C1CCN(C(=O)Cc2c[nH]c3ncccc23)CC1. The zero-order valence-corrected chi connectivity index (χ0v) is 11.6. The molecule has 0 unspecified atom stereocenters. The van der Waals surface area contributed by atoms with E-state index in [1.807, 2.05) is 18.3 Å². The summed E-state index contributed by atoms with van der Waals surface area (Å²) in [6.45, 7) is 1.05. The summed E-state index contributed by atoms with van der Waals surface area (Å²) in [6.07, 6.45) is 4.93. The molecule has 6 nitrogen and oxygen atoms in total. The molecule has 2 aromatic rings. The molecule has 21 heavy (non-hydrogen) atoms. The molecule has 3 heterocycles. The monoisotopic (exact) mass is 287 g/mol. The fraction of sp³-hybridized carbons (Fsp3) is 0.400. The summed E-state index contributed by atoms with van der Waals surface area (Å²) >= 11 is 0. The number of nitrogens with one attached hydrogen (secondary N) is 1. The summed E-state index contributed by atoms with van der Waals surface area (Å²) in [5.74, 6) is -1.03. The van der Waals surface area contributed by atoms with Gasteiger partial charge in [-0.05, 0) is 30.5 Å². The van der Waals surface area contributed by atoms with E-state index < -0.39 is 5.97 Å². The second-order valence-electron chi connectivity index (χ2n) is 5.38. The van der Waals surface area contributed by atoms with Gasteiger partial charge in [0, 0.05) is 30.9 Å². The minimum absolute atomic E-state index is 0.0450. The number of aromatic nitrogens is 2. The summed E-state index contributed by atoms with van der Waals surface area (Å²) in [5.41, 5.74) is 1.72. The van der Waals surface area contributed by atoms with Gasteiger partial charge in [-0.3, -0.25) is 9.59 Å². The number of fused-ring (bicyclic) bond motifs is 1. The van der Waals surface area contributed by atoms with E-state index in [2.05, 4.69) is 9.97 Å². The van der Waals surface area contributed by atoms with Crippen LogP contribution < -0.4 is 0 Å². The first kappa shape index (κ1) is 13.6. The van der Waals surface area contributed by atoms with Crippen molar-refractivity contribution in [3.63, 3.8) is 0 Å². The lowest BCUT2D eigenvalue weighted by Crippen LogP contribution is -2.40. The number of pyridine rings is 1. The minimum atomic E-state index is -0.759. The lowest BCUT2D eigenvalue weighted by Gasteiger charge is -2.30. The van der Waals surface area contributed by atoms with Crippen LogP contribution in [0.25, 0.3) is 11.0 Å². The molecule has 3 rings (SSSR count). The van der Waals surface area contributed by atoms with Gasteiger partial charge in [-0.1, -0.05) is 0 Å². The molecule has 0 saturated carbocycles. The number of carboxylic acids is 1. The number of nitrogens with zero attached hydrogens (tertiary/aromatic N) is 2. The van der Waals surface area contributed by atoms with Crippen molar-refractivity contribution in [3.8, 4) is 0 Å². The Bertz CT molecular complexity index is 672. The zero-order chi connectivity index (χ0) is 14.8. The quantitative estimate of drug-likeness (QED) is 0.894. The number of hydrogen-bond donors (Lipinski definition) is 2. The van der Waals surface area contributed by atoms with Crippen molar-refractivity contribution in [2.24, 2.45) is 5.92 Å². The van der Waals surface area contributed by atoms with Crippen molar-refractivity contribution in [2.75, 3.05) is 13.1 Å². The van der Waals surface area contributed by atoms with Crippen LogP contribution in [-0.2, 0) is 16.0 Å². The van der Waals surface area contributed by atoms with Gasteiger partial charge >= 0.3 is 5.97 Å². The van der Waals surface area contributed by atoms with Crippen LogP contribution >= 0.6 is 0 Å². The fourth-order valence-corrected chi connectivity index (χ4v) is 2.81. The second kappa shape index (κ2) is 5.55. The number of rotatable bonds is 3. The van der Waals surface area contributed by atoms with Crippen LogP contribution in [0.15, 0.2) is 24.5 Å². The predicted octanol–water partition coefficient (Wildman–Crippen LogP) is 1.43. The molecule has 2 aromatic heterocycles. The van der Waals surface area contributed by atoms with E-state index in [-0.39, 0.29) is 11.8 Å². The molecule has 0 aliphatic carbocycles. The van der Waals surface area contributed by atoms with Gasteiger partial charge in [0.25, 0.3) is 0 Å². The van der Waals surface area contributed by atoms with Crippen LogP contribution in [0.1, 0.15) is 18.4 Å². The number of piperidine rings is 1. The first-order valence-corrected chi connectivity index (χ1v) is 7.06. The van der Waals surface area contributed by atoms with Crippen LogP contribution in [0.2, 0.25) is 0 Å². The van der Waals surface area contributed by atoms with Crippen LogP contribution in [0.4, 0.5) is 0 Å². The predicted molar refractivity (Wildman–Crippen MR) is 76.7 cm³/mol. The average Bonchev–Trinajstić information content (AvgIpc) is 2.91. The Labute approximate surface area is 121 Å². The maximum Gasteiger partial charge on any atom is 0.306 e. The lowest BCUT2D eigenvalue weighted by molar-refractivity contribution is -0.145. The molecule has 0 atom stereocenters. The summed E-state index contributed by atoms with van der Waals surface area (Å²) in [4.78, 5) is 32.3. The second-order valence-corrected chi connectivity index (χ2v) is 5.38. The Morgan fingerprint density at radius 2 is 2.14 bits per heavy atom. The van der Waals surface area contributed by atoms with Crippen molar-refractivity contribution >= 4 is 22.9 Å². The highest BCUT2D eigenvalue weighted by molar-refractivity contribution is 5.87. The lowest BCUT2D eigenvalue weighted by atomic mass is 9.96. The molecule has 1 fully saturated rings. The number of hydrogen-bond acceptors (Lipinski definition) is 3. The number of carbonyl (C=O) groups is 2. The number of H-pyrrole nitrogens is 1. The Balaban J connectivity index is 1.66. The third kappa shape index (κ3) is 2.74. The highest BCUT2D eigenvalue weighted by Crippen LogP contribution is 2.20. The van der Waals surface area contributed by atoms with Crippen LogP contribution in [0.3, 0.4) is 0 Å². The van der Waals surface area contributed by atoms with Crippen molar-refractivity contribution in [3.05, 3.63) is 30.1 Å². The third-order valence-electron chi connectivity index (χ3n) is 4.08. The number of aliphatic carboxylic acids is 1. The maximum absolute atomic E-state index is 12.3. The Morgan fingerprint density at radius 3 is 2.86 bits per heavy atom. The number of likely N-dealkylation sites (tertiary alicyclic amines) is 1. The maximum atomic E-state index is 12.3. The first-order valence-electron chi connectivity index (χ1n) is 7.06. The largest absolute Gasteiger partial charge is 0.481 e. The fourth-order valence-electron chi connectivity index (χ4n) is 2.81. The van der Waals surface area contributed by atoms with E-state index in [0.717, 1.165) is 16.6 Å². The molecule has 0 radical (unpaired) electrons. The molecule has 0 spiro atoms. The summed E-state index contributed by atoms with van der Waals surface area (Å²) in [7, 11) is 0. The van der Waals surface area contributed by atoms with E-state index in [0.29, 0.717) is 32.4 Å². The minimum Gasteiger partial charge on any atom is -0.481 e. The molecule has 110 valence electrons. The molecule has 0 aromatic carbocycles. The van der Waals surface area contributed by atoms with Gasteiger partial charge in [-0.25, -0.2) is 4.98 Å². The van der Waals surface area contributed by atoms with E-state index in [1.54, 1.807) is 11.1 Å². The number of carboxylic acid groups (broad SMARTS) is 1. The van der Waals surface area contributed by atoms with Crippen LogP contribution in [0.5, 0.6) is 0 Å².